The Bertz CT molecular complexity index is 1100. The van der Waals surface area contributed by atoms with Crippen LogP contribution in [0.3, 0.4) is 0 Å². The number of benzene rings is 1. The number of hydrazine groups is 1. The fourth-order valence-corrected chi connectivity index (χ4v) is 4.98. The van der Waals surface area contributed by atoms with Crippen LogP contribution in [0.1, 0.15) is 84.0 Å². The van der Waals surface area contributed by atoms with Gasteiger partial charge in [-0.1, -0.05) is 18.2 Å². The van der Waals surface area contributed by atoms with Crippen molar-refractivity contribution in [3.63, 3.8) is 0 Å². The van der Waals surface area contributed by atoms with E-state index in [2.05, 4.69) is 10.6 Å². The second kappa shape index (κ2) is 15.1. The maximum absolute atomic E-state index is 13.9. The maximum atomic E-state index is 13.9. The molecular weight excluding hydrogens is 544 g/mol. The molecule has 4 amide bonds. The van der Waals surface area contributed by atoms with Crippen LogP contribution in [0.15, 0.2) is 30.3 Å². The molecule has 0 spiro atoms. The average Bonchev–Trinajstić information content (AvgIpc) is 3.03. The SMILES string of the molecule is CC(C)OC(=O)C[C@H](NC(=O)[C@@H]1CCCN2C(=O)CC[C@H](NC(=O)c3ccccc3)C(=O)N12)C(OC(C)C)OC(C)C. The highest BCUT2D eigenvalue weighted by molar-refractivity contribution is 5.99. The summed E-state index contributed by atoms with van der Waals surface area (Å²) in [6, 6.07) is 5.48. The molecular formula is C30H44N4O8. The Kier molecular flexibility index (Phi) is 11.9. The van der Waals surface area contributed by atoms with Crippen LogP contribution >= 0.6 is 0 Å². The second-order valence-electron chi connectivity index (χ2n) is 11.4. The summed E-state index contributed by atoms with van der Waals surface area (Å²) >= 11 is 0. The fourth-order valence-electron chi connectivity index (χ4n) is 4.98. The lowest BCUT2D eigenvalue weighted by molar-refractivity contribution is -0.201. The Morgan fingerprint density at radius 1 is 0.929 bits per heavy atom. The van der Waals surface area contributed by atoms with Gasteiger partial charge in [0.1, 0.15) is 12.1 Å². The number of fused-ring (bicyclic) bond motifs is 1. The molecule has 0 saturated carbocycles. The van der Waals surface area contributed by atoms with Gasteiger partial charge in [-0.2, -0.15) is 0 Å². The van der Waals surface area contributed by atoms with Crippen LogP contribution < -0.4 is 10.6 Å². The molecule has 2 N–H and O–H groups in total. The highest BCUT2D eigenvalue weighted by Gasteiger charge is 2.45. The number of esters is 1. The Balaban J connectivity index is 1.86. The highest BCUT2D eigenvalue weighted by Crippen LogP contribution is 2.26. The molecule has 12 heteroatoms. The molecule has 3 atom stereocenters. The zero-order valence-corrected chi connectivity index (χ0v) is 25.3. The third kappa shape index (κ3) is 8.99. The molecule has 2 aliphatic heterocycles. The first-order valence-corrected chi connectivity index (χ1v) is 14.7. The van der Waals surface area contributed by atoms with E-state index in [-0.39, 0.29) is 56.4 Å². The van der Waals surface area contributed by atoms with Crippen molar-refractivity contribution >= 4 is 29.6 Å². The van der Waals surface area contributed by atoms with Crippen molar-refractivity contribution in [2.75, 3.05) is 6.54 Å². The van der Waals surface area contributed by atoms with Crippen molar-refractivity contribution in [1.82, 2.24) is 20.7 Å². The lowest BCUT2D eigenvalue weighted by Gasteiger charge is -2.43. The van der Waals surface area contributed by atoms with E-state index < -0.39 is 48.1 Å². The molecule has 0 aromatic heterocycles. The number of nitrogens with one attached hydrogen (secondary N) is 2. The summed E-state index contributed by atoms with van der Waals surface area (Å²) in [5.41, 5.74) is 0.378. The van der Waals surface area contributed by atoms with Gasteiger partial charge in [-0.3, -0.25) is 29.0 Å². The number of carbonyl (C=O) groups is 5. The normalized spacial score (nSPS) is 20.0. The van der Waals surface area contributed by atoms with Gasteiger partial charge in [0.15, 0.2) is 6.29 Å². The minimum atomic E-state index is -1.05. The van der Waals surface area contributed by atoms with Gasteiger partial charge in [0.2, 0.25) is 11.8 Å². The maximum Gasteiger partial charge on any atom is 0.308 e. The van der Waals surface area contributed by atoms with Crippen molar-refractivity contribution in [1.29, 1.82) is 0 Å². The highest BCUT2D eigenvalue weighted by atomic mass is 16.7. The summed E-state index contributed by atoms with van der Waals surface area (Å²) in [6.45, 7) is 11.0. The molecule has 3 rings (SSSR count). The number of nitrogens with zero attached hydrogens (tertiary/aromatic N) is 2. The Morgan fingerprint density at radius 3 is 2.17 bits per heavy atom. The predicted octanol–water partition coefficient (Wildman–Crippen LogP) is 2.32. The summed E-state index contributed by atoms with van der Waals surface area (Å²) < 4.78 is 17.2. The number of carbonyl (C=O) groups excluding carboxylic acids is 5. The van der Waals surface area contributed by atoms with Gasteiger partial charge in [-0.05, 0) is 72.9 Å². The third-order valence-electron chi connectivity index (χ3n) is 6.73. The predicted molar refractivity (Wildman–Crippen MR) is 153 cm³/mol. The minimum Gasteiger partial charge on any atom is -0.463 e. The quantitative estimate of drug-likeness (QED) is 0.280. The van der Waals surface area contributed by atoms with Crippen LogP contribution in [0.25, 0.3) is 0 Å². The molecule has 0 bridgehead atoms. The molecule has 12 nitrogen and oxygen atoms in total. The smallest absolute Gasteiger partial charge is 0.308 e. The monoisotopic (exact) mass is 588 g/mol. The molecule has 42 heavy (non-hydrogen) atoms. The summed E-state index contributed by atoms with van der Waals surface area (Å²) in [4.78, 5) is 66.3. The topological polar surface area (TPSA) is 144 Å². The van der Waals surface area contributed by atoms with Crippen LogP contribution in [0.2, 0.25) is 0 Å². The lowest BCUT2D eigenvalue weighted by Crippen LogP contribution is -2.65. The first kappa shape index (κ1) is 33.0. The van der Waals surface area contributed by atoms with Crippen molar-refractivity contribution in [3.05, 3.63) is 35.9 Å². The Labute approximate surface area is 247 Å². The van der Waals surface area contributed by atoms with Gasteiger partial charge in [0.25, 0.3) is 11.8 Å². The van der Waals surface area contributed by atoms with Gasteiger partial charge >= 0.3 is 5.97 Å². The molecule has 2 aliphatic rings. The van der Waals surface area contributed by atoms with Gasteiger partial charge in [0.05, 0.1) is 30.8 Å². The van der Waals surface area contributed by atoms with E-state index in [0.717, 1.165) is 0 Å². The van der Waals surface area contributed by atoms with Crippen LogP contribution in [0.5, 0.6) is 0 Å². The molecule has 1 aromatic rings. The van der Waals surface area contributed by atoms with E-state index in [4.69, 9.17) is 14.2 Å². The summed E-state index contributed by atoms with van der Waals surface area (Å²) in [7, 11) is 0. The zero-order valence-electron chi connectivity index (χ0n) is 25.3. The van der Waals surface area contributed by atoms with E-state index in [1.54, 1.807) is 44.2 Å². The molecule has 0 aliphatic carbocycles. The summed E-state index contributed by atoms with van der Waals surface area (Å²) in [5, 5.41) is 8.09. The molecule has 0 radical (unpaired) electrons. The van der Waals surface area contributed by atoms with Crippen LogP contribution in [0, 0.1) is 0 Å². The summed E-state index contributed by atoms with van der Waals surface area (Å²) in [5.74, 6) is -2.42. The fraction of sp³-hybridized carbons (Fsp3) is 0.633. The number of hydrogen-bond acceptors (Lipinski definition) is 8. The van der Waals surface area contributed by atoms with Crippen LogP contribution in [-0.2, 0) is 33.4 Å². The van der Waals surface area contributed by atoms with E-state index in [0.29, 0.717) is 12.0 Å². The number of amides is 4. The first-order chi connectivity index (χ1) is 19.9. The third-order valence-corrected chi connectivity index (χ3v) is 6.73. The van der Waals surface area contributed by atoms with Gasteiger partial charge in [-0.25, -0.2) is 5.01 Å². The van der Waals surface area contributed by atoms with E-state index in [1.165, 1.54) is 10.0 Å². The molecule has 0 unspecified atom stereocenters. The zero-order chi connectivity index (χ0) is 31.0. The first-order valence-electron chi connectivity index (χ1n) is 14.7. The van der Waals surface area contributed by atoms with E-state index in [9.17, 15) is 24.0 Å². The molecule has 2 fully saturated rings. The Hall–Kier alpha value is -3.51. The Morgan fingerprint density at radius 2 is 1.57 bits per heavy atom. The van der Waals surface area contributed by atoms with Crippen molar-refractivity contribution in [2.45, 2.75) is 116 Å². The van der Waals surface area contributed by atoms with Gasteiger partial charge < -0.3 is 24.8 Å². The van der Waals surface area contributed by atoms with Gasteiger partial charge in [0, 0.05) is 18.5 Å². The molecule has 2 saturated heterocycles. The van der Waals surface area contributed by atoms with E-state index in [1.807, 2.05) is 27.7 Å². The van der Waals surface area contributed by atoms with Crippen molar-refractivity contribution in [3.8, 4) is 0 Å². The standard InChI is InChI=1S/C30H44N4O8/c1-18(2)40-26(36)17-23(30(41-19(3)4)42-20(5)6)32-28(38)24-13-10-16-33-25(35)15-14-22(29(39)34(24)33)31-27(37)21-11-8-7-9-12-21/h7-9,11-12,18-20,22-24,30H,10,13-17H2,1-6H3,(H,31,37)(H,32,38)/t22-,23-,24-/m0/s1. The molecule has 1 aromatic carbocycles. The average molecular weight is 589 g/mol. The van der Waals surface area contributed by atoms with E-state index >= 15 is 0 Å². The van der Waals surface area contributed by atoms with Gasteiger partial charge in [-0.15, -0.1) is 0 Å². The lowest BCUT2D eigenvalue weighted by atomic mass is 10.0. The number of ether oxygens (including phenoxy) is 3. The second-order valence-corrected chi connectivity index (χ2v) is 11.4. The van der Waals surface area contributed by atoms with Crippen molar-refractivity contribution < 1.29 is 38.2 Å². The van der Waals surface area contributed by atoms with Crippen LogP contribution in [0.4, 0.5) is 0 Å². The number of hydrogen-bond donors (Lipinski definition) is 2. The molecule has 232 valence electrons. The minimum absolute atomic E-state index is 0.0342. The van der Waals surface area contributed by atoms with Crippen LogP contribution in [-0.4, -0.2) is 88.9 Å². The van der Waals surface area contributed by atoms with Crippen molar-refractivity contribution in [2.24, 2.45) is 0 Å². The molecule has 2 heterocycles. The number of rotatable bonds is 12. The largest absolute Gasteiger partial charge is 0.463 e. The summed E-state index contributed by atoms with van der Waals surface area (Å²) in [6.07, 6.45) is -1.22.